The molecule has 3 heteroatoms. The molecule has 0 radical (unpaired) electrons. The first-order valence-corrected chi connectivity index (χ1v) is 7.59. The summed E-state index contributed by atoms with van der Waals surface area (Å²) in [6.45, 7) is 0. The Hall–Kier alpha value is -1.61. The van der Waals surface area contributed by atoms with E-state index >= 15 is 0 Å². The monoisotopic (exact) mass is 266 g/mol. The fourth-order valence-corrected chi connectivity index (χ4v) is 4.72. The van der Waals surface area contributed by atoms with Gasteiger partial charge in [0.25, 0.3) is 0 Å². The second-order valence-electron chi connectivity index (χ2n) is 6.75. The van der Waals surface area contributed by atoms with Crippen molar-refractivity contribution in [1.29, 1.82) is 0 Å². The molecule has 3 atom stereocenters. The molecule has 2 aromatic rings. The highest BCUT2D eigenvalue weighted by Gasteiger charge is 2.59. The topological polar surface area (TPSA) is 38.1 Å². The molecule has 20 heavy (non-hydrogen) atoms. The van der Waals surface area contributed by atoms with Gasteiger partial charge in [-0.15, -0.1) is 0 Å². The van der Waals surface area contributed by atoms with E-state index in [0.29, 0.717) is 5.92 Å². The maximum Gasteiger partial charge on any atom is 0.0956 e. The Kier molecular flexibility index (Phi) is 1.96. The Morgan fingerprint density at radius 3 is 2.85 bits per heavy atom. The quantitative estimate of drug-likeness (QED) is 0.861. The molecule has 2 fully saturated rings. The van der Waals surface area contributed by atoms with Crippen LogP contribution in [0.15, 0.2) is 36.8 Å². The van der Waals surface area contributed by atoms with E-state index in [1.807, 2.05) is 12.5 Å². The summed E-state index contributed by atoms with van der Waals surface area (Å²) in [4.78, 5) is 4.31. The number of fused-ring (bicyclic) bond motifs is 3. The van der Waals surface area contributed by atoms with Crippen LogP contribution in [0.25, 0.3) is 11.3 Å². The Balaban J connectivity index is 1.59. The first-order valence-electron chi connectivity index (χ1n) is 7.59. The average molecular weight is 266 g/mol. The van der Waals surface area contributed by atoms with E-state index in [4.69, 9.17) is 0 Å². The number of aliphatic hydroxyl groups excluding tert-OH is 1. The molecule has 3 aliphatic rings. The minimum atomic E-state index is -0.136. The summed E-state index contributed by atoms with van der Waals surface area (Å²) in [5.41, 5.74) is 4.12. The lowest BCUT2D eigenvalue weighted by molar-refractivity contribution is -0.173. The molecule has 1 aliphatic heterocycles. The first-order chi connectivity index (χ1) is 9.80. The number of benzene rings is 1. The average Bonchev–Trinajstić information content (AvgIpc) is 2.98. The zero-order valence-electron chi connectivity index (χ0n) is 11.4. The standard InChI is InChI=1S/C17H18N2O/c20-16-13(8-17(16)6-3-7-17)15-12-5-2-1-4-11(12)14-9-18-10-19(14)15/h1-2,4-5,9-10,13,15-16,20H,3,6-8H2. The lowest BCUT2D eigenvalue weighted by atomic mass is 9.48. The highest BCUT2D eigenvalue weighted by atomic mass is 16.3. The van der Waals surface area contributed by atoms with Crippen molar-refractivity contribution in [2.45, 2.75) is 37.8 Å². The maximum absolute atomic E-state index is 10.7. The van der Waals surface area contributed by atoms with Gasteiger partial charge in [0, 0.05) is 11.5 Å². The molecular weight excluding hydrogens is 248 g/mol. The zero-order chi connectivity index (χ0) is 13.3. The highest BCUT2D eigenvalue weighted by Crippen LogP contribution is 2.63. The summed E-state index contributed by atoms with van der Waals surface area (Å²) in [5.74, 6) is 0.354. The Morgan fingerprint density at radius 1 is 1.25 bits per heavy atom. The van der Waals surface area contributed by atoms with Crippen LogP contribution in [0.5, 0.6) is 0 Å². The van der Waals surface area contributed by atoms with Crippen LogP contribution in [0.4, 0.5) is 0 Å². The molecule has 1 aromatic heterocycles. The van der Waals surface area contributed by atoms with Crippen LogP contribution in [0.1, 0.15) is 37.3 Å². The van der Waals surface area contributed by atoms with E-state index in [0.717, 1.165) is 0 Å². The predicted octanol–water partition coefficient (Wildman–Crippen LogP) is 3.00. The van der Waals surface area contributed by atoms with Gasteiger partial charge in [-0.25, -0.2) is 4.98 Å². The van der Waals surface area contributed by atoms with Crippen LogP contribution in [0.3, 0.4) is 0 Å². The Bertz CT molecular complexity index is 686. The lowest BCUT2D eigenvalue weighted by Gasteiger charge is -2.60. The van der Waals surface area contributed by atoms with Crippen molar-refractivity contribution < 1.29 is 5.11 Å². The van der Waals surface area contributed by atoms with Gasteiger partial charge >= 0.3 is 0 Å². The van der Waals surface area contributed by atoms with Gasteiger partial charge in [0.1, 0.15) is 0 Å². The minimum absolute atomic E-state index is 0.136. The zero-order valence-corrected chi connectivity index (χ0v) is 11.4. The number of imidazole rings is 1. The van der Waals surface area contributed by atoms with Gasteiger partial charge in [-0.3, -0.25) is 0 Å². The number of hydrogen-bond acceptors (Lipinski definition) is 2. The van der Waals surface area contributed by atoms with E-state index in [1.54, 1.807) is 0 Å². The summed E-state index contributed by atoms with van der Waals surface area (Å²) >= 11 is 0. The fraction of sp³-hybridized carbons (Fsp3) is 0.471. The molecule has 0 saturated heterocycles. The summed E-state index contributed by atoms with van der Waals surface area (Å²) in [5, 5.41) is 10.7. The smallest absolute Gasteiger partial charge is 0.0956 e. The third-order valence-electron chi connectivity index (χ3n) is 5.95. The van der Waals surface area contributed by atoms with E-state index in [9.17, 15) is 5.11 Å². The lowest BCUT2D eigenvalue weighted by Crippen LogP contribution is -2.58. The van der Waals surface area contributed by atoms with Gasteiger partial charge in [-0.2, -0.15) is 0 Å². The molecule has 1 N–H and O–H groups in total. The number of aliphatic hydroxyl groups is 1. The van der Waals surface area contributed by atoms with E-state index in [2.05, 4.69) is 33.8 Å². The largest absolute Gasteiger partial charge is 0.392 e. The summed E-state index contributed by atoms with van der Waals surface area (Å²) in [7, 11) is 0. The van der Waals surface area contributed by atoms with Crippen LogP contribution in [0.2, 0.25) is 0 Å². The van der Waals surface area contributed by atoms with Crippen LogP contribution in [-0.2, 0) is 0 Å². The predicted molar refractivity (Wildman–Crippen MR) is 76.2 cm³/mol. The van der Waals surface area contributed by atoms with Gasteiger partial charge in [0.2, 0.25) is 0 Å². The van der Waals surface area contributed by atoms with Gasteiger partial charge in [-0.05, 0) is 30.2 Å². The second kappa shape index (κ2) is 3.53. The SMILES string of the molecule is OC1C(C2c3ccccc3-c3cncn32)CC12CCC2. The van der Waals surface area contributed by atoms with Crippen molar-refractivity contribution in [3.05, 3.63) is 42.4 Å². The number of rotatable bonds is 1. The van der Waals surface area contributed by atoms with Crippen molar-refractivity contribution in [1.82, 2.24) is 9.55 Å². The molecule has 1 spiro atoms. The molecule has 3 unspecified atom stereocenters. The van der Waals surface area contributed by atoms with Crippen LogP contribution >= 0.6 is 0 Å². The molecule has 2 aliphatic carbocycles. The molecule has 0 bridgehead atoms. The normalized spacial score (nSPS) is 32.4. The van der Waals surface area contributed by atoms with E-state index < -0.39 is 0 Å². The van der Waals surface area contributed by atoms with Crippen molar-refractivity contribution in [2.75, 3.05) is 0 Å². The summed E-state index contributed by atoms with van der Waals surface area (Å²) < 4.78 is 2.27. The molecule has 2 saturated carbocycles. The first kappa shape index (κ1) is 11.1. The molecule has 3 nitrogen and oxygen atoms in total. The molecule has 2 heterocycles. The molecular formula is C17H18N2O. The summed E-state index contributed by atoms with van der Waals surface area (Å²) in [6, 6.07) is 8.86. The van der Waals surface area contributed by atoms with Gasteiger partial charge in [0.15, 0.2) is 0 Å². The summed E-state index contributed by atoms with van der Waals surface area (Å²) in [6.07, 6.45) is 8.64. The van der Waals surface area contributed by atoms with Gasteiger partial charge < -0.3 is 9.67 Å². The van der Waals surface area contributed by atoms with Crippen molar-refractivity contribution >= 4 is 0 Å². The van der Waals surface area contributed by atoms with Crippen LogP contribution in [0, 0.1) is 11.3 Å². The maximum atomic E-state index is 10.7. The Labute approximate surface area is 118 Å². The van der Waals surface area contributed by atoms with Gasteiger partial charge in [0.05, 0.1) is 30.4 Å². The van der Waals surface area contributed by atoms with E-state index in [-0.39, 0.29) is 17.6 Å². The number of nitrogens with zero attached hydrogens (tertiary/aromatic N) is 2. The molecule has 1 aromatic carbocycles. The second-order valence-corrected chi connectivity index (χ2v) is 6.75. The van der Waals surface area contributed by atoms with Gasteiger partial charge in [-0.1, -0.05) is 30.7 Å². The number of hydrogen-bond donors (Lipinski definition) is 1. The number of aromatic nitrogens is 2. The van der Waals surface area contributed by atoms with Crippen LogP contribution < -0.4 is 0 Å². The third-order valence-corrected chi connectivity index (χ3v) is 5.95. The highest BCUT2D eigenvalue weighted by molar-refractivity contribution is 5.69. The van der Waals surface area contributed by atoms with E-state index in [1.165, 1.54) is 42.5 Å². The van der Waals surface area contributed by atoms with Crippen molar-refractivity contribution in [3.63, 3.8) is 0 Å². The molecule has 5 rings (SSSR count). The third kappa shape index (κ3) is 1.14. The Morgan fingerprint density at radius 2 is 2.10 bits per heavy atom. The minimum Gasteiger partial charge on any atom is -0.392 e. The van der Waals surface area contributed by atoms with Crippen molar-refractivity contribution in [3.8, 4) is 11.3 Å². The fourth-order valence-electron chi connectivity index (χ4n) is 4.72. The van der Waals surface area contributed by atoms with Crippen molar-refractivity contribution in [2.24, 2.45) is 11.3 Å². The van der Waals surface area contributed by atoms with Crippen LogP contribution in [-0.4, -0.2) is 20.8 Å². The molecule has 0 amide bonds. The molecule has 102 valence electrons.